The summed E-state index contributed by atoms with van der Waals surface area (Å²) >= 11 is 0. The lowest BCUT2D eigenvalue weighted by Crippen LogP contribution is -2.38. The molecule has 1 amide bonds. The number of para-hydroxylation sites is 1. The quantitative estimate of drug-likeness (QED) is 0.440. The van der Waals surface area contributed by atoms with E-state index in [4.69, 9.17) is 0 Å². The summed E-state index contributed by atoms with van der Waals surface area (Å²) in [5.41, 5.74) is 4.24. The molecule has 3 rings (SSSR count). The molecule has 0 aliphatic rings. The summed E-state index contributed by atoms with van der Waals surface area (Å²) < 4.78 is 28.2. The normalized spacial score (nSPS) is 11.6. The number of hydrogen-bond donors (Lipinski definition) is 1. The minimum Gasteiger partial charge on any atom is -0.324 e. The van der Waals surface area contributed by atoms with Crippen molar-refractivity contribution in [2.45, 2.75) is 51.3 Å². The van der Waals surface area contributed by atoms with Gasteiger partial charge in [-0.1, -0.05) is 76.2 Å². The maximum atomic E-state index is 13.5. The molecule has 3 aromatic rings. The van der Waals surface area contributed by atoms with Crippen molar-refractivity contribution in [1.82, 2.24) is 0 Å². The number of amides is 1. The lowest BCUT2D eigenvalue weighted by Gasteiger charge is -2.25. The van der Waals surface area contributed by atoms with E-state index in [0.29, 0.717) is 11.6 Å². The molecular formula is C27H32N2O3S. The molecule has 0 atom stereocenters. The van der Waals surface area contributed by atoms with Crippen molar-refractivity contribution in [1.29, 1.82) is 0 Å². The second kappa shape index (κ2) is 10.2. The number of carbonyl (C=O) groups excluding carboxylic acids is 1. The van der Waals surface area contributed by atoms with Crippen LogP contribution in [0, 0.1) is 6.92 Å². The summed E-state index contributed by atoms with van der Waals surface area (Å²) in [5.74, 6) is 0.142. The second-order valence-corrected chi connectivity index (χ2v) is 10.7. The highest BCUT2D eigenvalue weighted by atomic mass is 32.2. The fourth-order valence-electron chi connectivity index (χ4n) is 3.71. The van der Waals surface area contributed by atoms with E-state index in [1.54, 1.807) is 42.5 Å². The number of nitrogens with zero attached hydrogens (tertiary/aromatic N) is 1. The van der Waals surface area contributed by atoms with Crippen molar-refractivity contribution in [2.24, 2.45) is 0 Å². The Hall–Kier alpha value is -3.12. The summed E-state index contributed by atoms with van der Waals surface area (Å²) in [4.78, 5) is 13.3. The van der Waals surface area contributed by atoms with Crippen molar-refractivity contribution in [3.05, 3.63) is 89.5 Å². The third-order valence-corrected chi connectivity index (χ3v) is 7.45. The van der Waals surface area contributed by atoms with Crippen molar-refractivity contribution in [2.75, 3.05) is 16.2 Å². The standard InChI is InChI=1S/C27H32N2O3S/c1-19(2)22-14-16-23(17-15-22)29(33(31,32)24-11-7-6-8-12-24)18-26(30)28-27-21(5)10-9-13-25(27)20(3)4/h6-17,19-20H,18H2,1-5H3,(H,28,30). The number of hydrogen-bond acceptors (Lipinski definition) is 3. The first-order valence-corrected chi connectivity index (χ1v) is 12.6. The topological polar surface area (TPSA) is 66.5 Å². The summed E-state index contributed by atoms with van der Waals surface area (Å²) in [6.45, 7) is 9.89. The Morgan fingerprint density at radius 2 is 1.48 bits per heavy atom. The van der Waals surface area contributed by atoms with Crippen LogP contribution < -0.4 is 9.62 Å². The molecular weight excluding hydrogens is 432 g/mol. The predicted molar refractivity (Wildman–Crippen MR) is 135 cm³/mol. The maximum absolute atomic E-state index is 13.5. The van der Waals surface area contributed by atoms with E-state index in [2.05, 4.69) is 33.0 Å². The van der Waals surface area contributed by atoms with Gasteiger partial charge < -0.3 is 5.32 Å². The molecule has 6 heteroatoms. The minimum atomic E-state index is -3.94. The molecule has 33 heavy (non-hydrogen) atoms. The van der Waals surface area contributed by atoms with Crippen LogP contribution in [-0.4, -0.2) is 20.9 Å². The maximum Gasteiger partial charge on any atom is 0.264 e. The number of carbonyl (C=O) groups is 1. The van der Waals surface area contributed by atoms with Crippen LogP contribution in [0.2, 0.25) is 0 Å². The highest BCUT2D eigenvalue weighted by Crippen LogP contribution is 2.29. The molecule has 0 aromatic heterocycles. The van der Waals surface area contributed by atoms with Crippen LogP contribution in [0.15, 0.2) is 77.7 Å². The molecule has 0 spiro atoms. The zero-order valence-electron chi connectivity index (χ0n) is 19.9. The van der Waals surface area contributed by atoms with E-state index in [-0.39, 0.29) is 17.4 Å². The lowest BCUT2D eigenvalue weighted by molar-refractivity contribution is -0.114. The van der Waals surface area contributed by atoms with Crippen molar-refractivity contribution in [3.8, 4) is 0 Å². The van der Waals surface area contributed by atoms with Gasteiger partial charge in [0.25, 0.3) is 10.0 Å². The summed E-state index contributed by atoms with van der Waals surface area (Å²) in [6.07, 6.45) is 0. The number of anilines is 2. The van der Waals surface area contributed by atoms with Crippen molar-refractivity contribution >= 4 is 27.3 Å². The molecule has 174 valence electrons. The fourth-order valence-corrected chi connectivity index (χ4v) is 5.15. The van der Waals surface area contributed by atoms with Gasteiger partial charge in [0.2, 0.25) is 5.91 Å². The smallest absolute Gasteiger partial charge is 0.264 e. The van der Waals surface area contributed by atoms with Crippen LogP contribution in [0.1, 0.15) is 56.2 Å². The van der Waals surface area contributed by atoms with Gasteiger partial charge in [0, 0.05) is 5.69 Å². The largest absolute Gasteiger partial charge is 0.324 e. The number of benzene rings is 3. The van der Waals surface area contributed by atoms with E-state index in [9.17, 15) is 13.2 Å². The molecule has 0 aliphatic carbocycles. The highest BCUT2D eigenvalue weighted by Gasteiger charge is 2.27. The van der Waals surface area contributed by atoms with E-state index in [0.717, 1.165) is 22.4 Å². The van der Waals surface area contributed by atoms with Gasteiger partial charge in [-0.2, -0.15) is 0 Å². The molecule has 0 radical (unpaired) electrons. The van der Waals surface area contributed by atoms with Crippen LogP contribution in [-0.2, 0) is 14.8 Å². The zero-order valence-corrected chi connectivity index (χ0v) is 20.7. The van der Waals surface area contributed by atoms with Gasteiger partial charge in [-0.15, -0.1) is 0 Å². The third-order valence-electron chi connectivity index (χ3n) is 5.66. The van der Waals surface area contributed by atoms with E-state index < -0.39 is 15.9 Å². The second-order valence-electron chi connectivity index (χ2n) is 8.81. The Balaban J connectivity index is 1.98. The average molecular weight is 465 g/mol. The van der Waals surface area contributed by atoms with Gasteiger partial charge in [0.05, 0.1) is 10.6 Å². The van der Waals surface area contributed by atoms with Crippen LogP contribution in [0.3, 0.4) is 0 Å². The predicted octanol–water partition coefficient (Wildman–Crippen LogP) is 6.08. The van der Waals surface area contributed by atoms with E-state index in [1.807, 2.05) is 37.3 Å². The summed E-state index contributed by atoms with van der Waals surface area (Å²) in [6, 6.07) is 21.4. The van der Waals surface area contributed by atoms with Gasteiger partial charge in [0.15, 0.2) is 0 Å². The first-order chi connectivity index (χ1) is 15.6. The number of sulfonamides is 1. The molecule has 0 heterocycles. The third kappa shape index (κ3) is 5.63. The van der Waals surface area contributed by atoms with Gasteiger partial charge in [-0.05, 0) is 59.7 Å². The van der Waals surface area contributed by atoms with E-state index >= 15 is 0 Å². The zero-order chi connectivity index (χ0) is 24.2. The summed E-state index contributed by atoms with van der Waals surface area (Å²) in [7, 11) is -3.94. The molecule has 0 aliphatic heterocycles. The van der Waals surface area contributed by atoms with Crippen LogP contribution in [0.4, 0.5) is 11.4 Å². The van der Waals surface area contributed by atoms with Gasteiger partial charge in [-0.25, -0.2) is 8.42 Å². The minimum absolute atomic E-state index is 0.143. The summed E-state index contributed by atoms with van der Waals surface area (Å²) in [5, 5.41) is 2.97. The average Bonchev–Trinajstić information content (AvgIpc) is 2.79. The van der Waals surface area contributed by atoms with Gasteiger partial charge in [0.1, 0.15) is 6.54 Å². The Morgan fingerprint density at radius 3 is 2.06 bits per heavy atom. The Labute approximate surface area is 197 Å². The highest BCUT2D eigenvalue weighted by molar-refractivity contribution is 7.92. The molecule has 0 fully saturated rings. The molecule has 5 nitrogen and oxygen atoms in total. The van der Waals surface area contributed by atoms with Crippen LogP contribution >= 0.6 is 0 Å². The van der Waals surface area contributed by atoms with Crippen molar-refractivity contribution in [3.63, 3.8) is 0 Å². The molecule has 0 saturated carbocycles. The van der Waals surface area contributed by atoms with Gasteiger partial charge in [-0.3, -0.25) is 9.10 Å². The Kier molecular flexibility index (Phi) is 7.59. The van der Waals surface area contributed by atoms with Crippen molar-refractivity contribution < 1.29 is 13.2 Å². The number of rotatable bonds is 8. The molecule has 3 aromatic carbocycles. The number of aryl methyl sites for hydroxylation is 1. The SMILES string of the molecule is Cc1cccc(C(C)C)c1NC(=O)CN(c1ccc(C(C)C)cc1)S(=O)(=O)c1ccccc1. The van der Waals surface area contributed by atoms with Crippen LogP contribution in [0.25, 0.3) is 0 Å². The molecule has 0 saturated heterocycles. The molecule has 1 N–H and O–H groups in total. The molecule has 0 unspecified atom stereocenters. The first kappa shape index (κ1) is 24.5. The monoisotopic (exact) mass is 464 g/mol. The first-order valence-electron chi connectivity index (χ1n) is 11.2. The Bertz CT molecular complexity index is 1200. The number of nitrogens with one attached hydrogen (secondary N) is 1. The Morgan fingerprint density at radius 1 is 0.848 bits per heavy atom. The van der Waals surface area contributed by atoms with Gasteiger partial charge >= 0.3 is 0 Å². The van der Waals surface area contributed by atoms with E-state index in [1.165, 1.54) is 4.31 Å². The lowest BCUT2D eigenvalue weighted by atomic mass is 9.98. The molecule has 0 bridgehead atoms. The fraction of sp³-hybridized carbons (Fsp3) is 0.296. The van der Waals surface area contributed by atoms with Crippen LogP contribution in [0.5, 0.6) is 0 Å².